The van der Waals surface area contributed by atoms with Gasteiger partial charge in [-0.1, -0.05) is 36.3 Å². The molecule has 0 aliphatic heterocycles. The van der Waals surface area contributed by atoms with E-state index in [-0.39, 0.29) is 0 Å². The van der Waals surface area contributed by atoms with Crippen molar-refractivity contribution in [1.29, 1.82) is 0 Å². The van der Waals surface area contributed by atoms with Crippen molar-refractivity contribution in [1.82, 2.24) is 24.8 Å². The molecule has 0 radical (unpaired) electrons. The van der Waals surface area contributed by atoms with Gasteiger partial charge in [-0.25, -0.2) is 4.98 Å². The summed E-state index contributed by atoms with van der Waals surface area (Å²) in [7, 11) is 0. The Bertz CT molecular complexity index is 898. The molecule has 0 bridgehead atoms. The van der Waals surface area contributed by atoms with E-state index in [9.17, 15) is 0 Å². The third-order valence-corrected chi connectivity index (χ3v) is 3.59. The van der Waals surface area contributed by atoms with E-state index in [0.29, 0.717) is 23.8 Å². The lowest BCUT2D eigenvalue weighted by atomic mass is 10.1. The molecule has 0 atom stereocenters. The number of hydrogen-bond donors (Lipinski definition) is 0. The highest BCUT2D eigenvalue weighted by Crippen LogP contribution is 2.34. The summed E-state index contributed by atoms with van der Waals surface area (Å²) >= 11 is 0. The highest BCUT2D eigenvalue weighted by Gasteiger charge is 2.30. The Labute approximate surface area is 126 Å². The number of aryl methyl sites for hydroxylation is 1. The Kier molecular flexibility index (Phi) is 2.85. The normalized spacial score (nSPS) is 14.4. The molecule has 1 aliphatic carbocycles. The highest BCUT2D eigenvalue weighted by atomic mass is 16.6. The molecule has 110 valence electrons. The number of fused-ring (bicyclic) bond motifs is 4. The van der Waals surface area contributed by atoms with Crippen LogP contribution in [-0.4, -0.2) is 37.1 Å². The first-order valence-corrected chi connectivity index (χ1v) is 7.26. The molecule has 0 amide bonds. The van der Waals surface area contributed by atoms with Gasteiger partial charge in [-0.2, -0.15) is 9.61 Å². The standard InChI is InChI=1S/C15H14N6O/c1-3-11-17-18-15-16-12-9-7-5-6-8-10(9)13(20-22-4-2)14(12)19-21(11)15/h5-8H,3-4H2,1-2H3/b20-13+. The smallest absolute Gasteiger partial charge is 0.272 e. The van der Waals surface area contributed by atoms with Gasteiger partial charge in [-0.05, 0) is 6.92 Å². The Hall–Kier alpha value is -2.83. The third-order valence-electron chi connectivity index (χ3n) is 3.59. The quantitative estimate of drug-likeness (QED) is 0.539. The number of hydrogen-bond acceptors (Lipinski definition) is 6. The number of benzene rings is 1. The lowest BCUT2D eigenvalue weighted by molar-refractivity contribution is 0.159. The van der Waals surface area contributed by atoms with Crippen LogP contribution in [0.5, 0.6) is 0 Å². The minimum Gasteiger partial charge on any atom is -0.396 e. The number of rotatable bonds is 3. The molecule has 0 saturated carbocycles. The van der Waals surface area contributed by atoms with Gasteiger partial charge in [0.25, 0.3) is 5.78 Å². The fourth-order valence-corrected chi connectivity index (χ4v) is 2.59. The maximum absolute atomic E-state index is 5.26. The topological polar surface area (TPSA) is 77.6 Å². The second-order valence-corrected chi connectivity index (χ2v) is 4.89. The van der Waals surface area contributed by atoms with Crippen molar-refractivity contribution >= 4 is 11.5 Å². The highest BCUT2D eigenvalue weighted by molar-refractivity contribution is 6.22. The fourth-order valence-electron chi connectivity index (χ4n) is 2.59. The van der Waals surface area contributed by atoms with Gasteiger partial charge in [0.15, 0.2) is 5.82 Å². The average Bonchev–Trinajstić information content (AvgIpc) is 3.09. The molecule has 1 aromatic carbocycles. The van der Waals surface area contributed by atoms with Crippen molar-refractivity contribution in [2.24, 2.45) is 5.16 Å². The Morgan fingerprint density at radius 3 is 2.68 bits per heavy atom. The van der Waals surface area contributed by atoms with E-state index in [4.69, 9.17) is 4.84 Å². The maximum atomic E-state index is 5.26. The molecule has 0 fully saturated rings. The Morgan fingerprint density at radius 1 is 1.09 bits per heavy atom. The van der Waals surface area contributed by atoms with Crippen LogP contribution in [0.15, 0.2) is 29.4 Å². The zero-order valence-corrected chi connectivity index (χ0v) is 12.3. The van der Waals surface area contributed by atoms with Gasteiger partial charge in [-0.3, -0.25) is 0 Å². The first-order chi connectivity index (χ1) is 10.8. The minimum atomic E-state index is 0.503. The van der Waals surface area contributed by atoms with E-state index >= 15 is 0 Å². The summed E-state index contributed by atoms with van der Waals surface area (Å²) in [5, 5.41) is 17.1. The number of aromatic nitrogens is 5. The first-order valence-electron chi connectivity index (χ1n) is 7.26. The summed E-state index contributed by atoms with van der Waals surface area (Å²) in [6.07, 6.45) is 0.736. The molecule has 1 aliphatic rings. The van der Waals surface area contributed by atoms with Gasteiger partial charge < -0.3 is 4.84 Å². The third kappa shape index (κ3) is 1.71. The first kappa shape index (κ1) is 12.9. The predicted molar refractivity (Wildman–Crippen MR) is 80.7 cm³/mol. The van der Waals surface area contributed by atoms with E-state index in [0.717, 1.165) is 29.1 Å². The van der Waals surface area contributed by atoms with E-state index in [1.807, 2.05) is 38.1 Å². The van der Waals surface area contributed by atoms with Crippen LogP contribution >= 0.6 is 0 Å². The molecule has 0 spiro atoms. The lowest BCUT2D eigenvalue weighted by Crippen LogP contribution is -2.08. The summed E-state index contributed by atoms with van der Waals surface area (Å²) in [4.78, 5) is 9.88. The fraction of sp³-hybridized carbons (Fsp3) is 0.267. The second-order valence-electron chi connectivity index (χ2n) is 4.89. The summed E-state index contributed by atoms with van der Waals surface area (Å²) < 4.78 is 1.67. The zero-order valence-electron chi connectivity index (χ0n) is 12.3. The van der Waals surface area contributed by atoms with Crippen LogP contribution in [0.1, 0.15) is 30.9 Å². The van der Waals surface area contributed by atoms with E-state index < -0.39 is 0 Å². The monoisotopic (exact) mass is 294 g/mol. The van der Waals surface area contributed by atoms with E-state index in [1.54, 1.807) is 4.52 Å². The molecule has 2 aromatic heterocycles. The molecule has 7 nitrogen and oxygen atoms in total. The van der Waals surface area contributed by atoms with Crippen LogP contribution < -0.4 is 0 Å². The van der Waals surface area contributed by atoms with Crippen LogP contribution in [0.2, 0.25) is 0 Å². The van der Waals surface area contributed by atoms with E-state index in [2.05, 4.69) is 25.4 Å². The van der Waals surface area contributed by atoms with Crippen LogP contribution in [0.3, 0.4) is 0 Å². The van der Waals surface area contributed by atoms with Gasteiger partial charge in [-0.15, -0.1) is 10.2 Å². The van der Waals surface area contributed by atoms with Crippen molar-refractivity contribution in [3.8, 4) is 11.3 Å². The van der Waals surface area contributed by atoms with Gasteiger partial charge in [0.1, 0.15) is 23.7 Å². The van der Waals surface area contributed by atoms with Crippen LogP contribution in [0.25, 0.3) is 17.0 Å². The van der Waals surface area contributed by atoms with Crippen LogP contribution in [0, 0.1) is 0 Å². The zero-order chi connectivity index (χ0) is 15.1. The number of nitrogens with zero attached hydrogens (tertiary/aromatic N) is 6. The predicted octanol–water partition coefficient (Wildman–Crippen LogP) is 1.85. The molecule has 0 N–H and O–H groups in total. The Morgan fingerprint density at radius 2 is 1.91 bits per heavy atom. The van der Waals surface area contributed by atoms with Gasteiger partial charge >= 0.3 is 0 Å². The molecule has 3 aromatic rings. The minimum absolute atomic E-state index is 0.503. The van der Waals surface area contributed by atoms with Crippen molar-refractivity contribution in [3.05, 3.63) is 41.3 Å². The molecular weight excluding hydrogens is 280 g/mol. The molecule has 7 heteroatoms. The van der Waals surface area contributed by atoms with Crippen LogP contribution in [0.4, 0.5) is 0 Å². The van der Waals surface area contributed by atoms with E-state index in [1.165, 1.54) is 0 Å². The average molecular weight is 294 g/mol. The summed E-state index contributed by atoms with van der Waals surface area (Å²) in [6, 6.07) is 7.94. The van der Waals surface area contributed by atoms with Crippen molar-refractivity contribution in [3.63, 3.8) is 0 Å². The van der Waals surface area contributed by atoms with Gasteiger partial charge in [0, 0.05) is 17.5 Å². The Balaban J connectivity index is 2.02. The molecular formula is C15H14N6O. The summed E-state index contributed by atoms with van der Waals surface area (Å²) in [5.74, 6) is 1.28. The molecule has 22 heavy (non-hydrogen) atoms. The van der Waals surface area contributed by atoms with Crippen molar-refractivity contribution in [2.45, 2.75) is 20.3 Å². The summed E-state index contributed by atoms with van der Waals surface area (Å²) in [6.45, 7) is 4.41. The van der Waals surface area contributed by atoms with Gasteiger partial charge in [0.2, 0.25) is 0 Å². The number of oxime groups is 1. The second kappa shape index (κ2) is 4.87. The van der Waals surface area contributed by atoms with Gasteiger partial charge in [0.05, 0.1) is 0 Å². The van der Waals surface area contributed by atoms with Crippen LogP contribution in [-0.2, 0) is 11.3 Å². The molecule has 0 unspecified atom stereocenters. The molecule has 2 heterocycles. The lowest BCUT2D eigenvalue weighted by Gasteiger charge is -2.01. The summed E-state index contributed by atoms with van der Waals surface area (Å²) in [5.41, 5.74) is 4.16. The maximum Gasteiger partial charge on any atom is 0.272 e. The SMILES string of the molecule is CCO/N=C1\c2ccccc2-c2nc3nnc(CC)n3nc21. The molecule has 0 saturated heterocycles. The van der Waals surface area contributed by atoms with Crippen molar-refractivity contribution in [2.75, 3.05) is 6.61 Å². The molecule has 4 rings (SSSR count). The largest absolute Gasteiger partial charge is 0.396 e. The van der Waals surface area contributed by atoms with Crippen molar-refractivity contribution < 1.29 is 4.84 Å².